The molecule has 2 fully saturated rings. The van der Waals surface area contributed by atoms with E-state index in [9.17, 15) is 80.5 Å². The summed E-state index contributed by atoms with van der Waals surface area (Å²) in [7, 11) is 0. The number of aliphatic carboxylic acids is 4. The van der Waals surface area contributed by atoms with E-state index in [4.69, 9.17) is 18.9 Å². The number of carbonyl (C=O) groups is 4. The maximum absolute atomic E-state index is 11.6. The van der Waals surface area contributed by atoms with E-state index in [1.54, 1.807) is 0 Å². The second-order valence-corrected chi connectivity index (χ2v) is 8.16. The molecule has 0 aliphatic carbocycles. The Morgan fingerprint density at radius 2 is 1.02 bits per heavy atom. The minimum atomic E-state index is -2.94. The fourth-order valence-electron chi connectivity index (χ4n) is 3.55. The molecule has 0 aromatic carbocycles. The fraction of sp³-hybridized carbons (Fsp3) is 0.778. The molecule has 20 nitrogen and oxygen atoms in total. The summed E-state index contributed by atoms with van der Waals surface area (Å²) >= 11 is 0. The molecule has 42 heavy (non-hydrogen) atoms. The zero-order chi connectivity index (χ0) is 29.2. The van der Waals surface area contributed by atoms with Crippen molar-refractivity contribution in [1.29, 1.82) is 0 Å². The van der Waals surface area contributed by atoms with Crippen LogP contribution in [0, 0.1) is 0 Å². The molecule has 2 rings (SSSR count). The number of hydrogen-bond donors (Lipinski definition) is 8. The van der Waals surface area contributed by atoms with Crippen LogP contribution < -0.4 is 139 Å². The van der Waals surface area contributed by atoms with Gasteiger partial charge in [0.25, 0.3) is 0 Å². The molecule has 7 unspecified atom stereocenters. The zero-order valence-electron chi connectivity index (χ0n) is 22.6. The number of ether oxygens (including phenoxy) is 4. The molecule has 2 aliphatic rings. The molecule has 2 heterocycles. The molecule has 0 amide bonds. The molecule has 0 spiro atoms. The van der Waals surface area contributed by atoms with Crippen molar-refractivity contribution in [3.05, 3.63) is 0 Å². The number of carboxylic acids is 4. The molecule has 14 atom stereocenters. The Balaban J connectivity index is -0.00000380. The van der Waals surface area contributed by atoms with Crippen molar-refractivity contribution in [2.24, 2.45) is 0 Å². The van der Waals surface area contributed by atoms with Crippen molar-refractivity contribution >= 4 is 23.9 Å². The third-order valence-electron chi connectivity index (χ3n) is 5.62. The van der Waals surface area contributed by atoms with E-state index >= 15 is 0 Å². The van der Waals surface area contributed by atoms with Crippen LogP contribution in [0.3, 0.4) is 0 Å². The maximum atomic E-state index is 11.6. The molecule has 0 saturated carbocycles. The Labute approximate surface area is 323 Å². The quantitative estimate of drug-likeness (QED) is 0.0962. The Hall–Kier alpha value is 1.40. The third-order valence-corrected chi connectivity index (χ3v) is 5.62. The van der Waals surface area contributed by atoms with Crippen molar-refractivity contribution < 1.29 is 218 Å². The first-order chi connectivity index (χ1) is 17.5. The molecule has 0 aromatic heterocycles. The van der Waals surface area contributed by atoms with Crippen molar-refractivity contribution in [3.63, 3.8) is 0 Å². The number of hydrogen-bond acceptors (Lipinski definition) is 20. The van der Waals surface area contributed by atoms with Gasteiger partial charge in [0, 0.05) is 0 Å². The van der Waals surface area contributed by atoms with Gasteiger partial charge in [0.15, 0.2) is 12.6 Å². The van der Waals surface area contributed by atoms with Gasteiger partial charge in [-0.05, 0) is 0 Å². The second-order valence-electron chi connectivity index (χ2n) is 8.16. The van der Waals surface area contributed by atoms with Gasteiger partial charge < -0.3 is 99.4 Å². The average molecular weight is 650 g/mol. The molecule has 2 aliphatic heterocycles. The summed E-state index contributed by atoms with van der Waals surface area (Å²) in [6.07, 6.45) is -35.2. The molecule has 218 valence electrons. The summed E-state index contributed by atoms with van der Waals surface area (Å²) in [5.74, 6) is -9.15. The van der Waals surface area contributed by atoms with Crippen LogP contribution in [0.25, 0.3) is 0 Å². The van der Waals surface area contributed by atoms with Gasteiger partial charge in [-0.3, -0.25) is 0 Å². The van der Waals surface area contributed by atoms with Crippen LogP contribution in [0.2, 0.25) is 0 Å². The molecule has 0 aromatic rings. The van der Waals surface area contributed by atoms with E-state index < -0.39 is 110 Å². The van der Waals surface area contributed by atoms with Crippen LogP contribution in [0.5, 0.6) is 0 Å². The van der Waals surface area contributed by atoms with Crippen LogP contribution in [0.4, 0.5) is 0 Å². The van der Waals surface area contributed by atoms with Gasteiger partial charge in [-0.2, -0.15) is 0 Å². The fourth-order valence-corrected chi connectivity index (χ4v) is 3.55. The number of aliphatic hydroxyl groups excluding tert-OH is 8. The normalized spacial score (nSPS) is 35.2. The van der Waals surface area contributed by atoms with E-state index in [2.05, 4.69) is 0 Å². The first-order valence-electron chi connectivity index (χ1n) is 10.4. The number of carbonyl (C=O) groups excluding carboxylic acids is 4. The van der Waals surface area contributed by atoms with E-state index in [-0.39, 0.29) is 118 Å². The number of rotatable bonds is 11. The van der Waals surface area contributed by atoms with Crippen LogP contribution >= 0.6 is 0 Å². The van der Waals surface area contributed by atoms with Gasteiger partial charge in [-0.1, -0.05) is 0 Å². The summed E-state index contributed by atoms with van der Waals surface area (Å²) in [5, 5.41) is 124. The van der Waals surface area contributed by atoms with Gasteiger partial charge in [0.05, 0.1) is 23.9 Å². The molecular weight excluding hydrogens is 628 g/mol. The maximum Gasteiger partial charge on any atom is 1.00 e. The van der Waals surface area contributed by atoms with Crippen molar-refractivity contribution in [2.75, 3.05) is 0 Å². The summed E-state index contributed by atoms with van der Waals surface area (Å²) in [6, 6.07) is 0. The standard InChI is InChI=1S/C18H26O20.4Na/c19-1-2(20)11(15(31)32)37-17(6(1)24)36-10-4(22)7(25)18(38-12(10)16(33)34)35-9(8(26)14(29)30)3(21)5(23)13(27)28;;;;/h1-12,17-26H,(H,27,28)(H,29,30)(H,31,32)(H,33,34);;;;/q;4*+1/p-4/t1?,2-,3?,4+,5?,6?,7?,8?,9-,10-,11+,12?,17+,18+;;;;/m0..../s1. The van der Waals surface area contributed by atoms with Gasteiger partial charge in [-0.25, -0.2) is 0 Å². The number of aliphatic hydroxyl groups is 8. The third kappa shape index (κ3) is 11.3. The second kappa shape index (κ2) is 20.6. The number of carboxylic acid groups (broad SMARTS) is 4. The first-order valence-corrected chi connectivity index (χ1v) is 10.4. The molecular formula is C18H22Na4O20. The summed E-state index contributed by atoms with van der Waals surface area (Å²) in [6.45, 7) is 0. The molecule has 8 N–H and O–H groups in total. The predicted molar refractivity (Wildman–Crippen MR) is 95.2 cm³/mol. The van der Waals surface area contributed by atoms with Crippen molar-refractivity contribution in [3.8, 4) is 0 Å². The Bertz CT molecular complexity index is 899. The van der Waals surface area contributed by atoms with Crippen LogP contribution in [-0.2, 0) is 38.1 Å². The van der Waals surface area contributed by atoms with Crippen LogP contribution in [-0.4, -0.2) is 151 Å². The first kappa shape index (κ1) is 47.8. The Morgan fingerprint density at radius 1 is 0.595 bits per heavy atom. The van der Waals surface area contributed by atoms with Crippen molar-refractivity contribution in [2.45, 2.75) is 85.8 Å². The molecule has 0 bridgehead atoms. The Morgan fingerprint density at radius 3 is 1.45 bits per heavy atom. The van der Waals surface area contributed by atoms with E-state index in [0.717, 1.165) is 0 Å². The van der Waals surface area contributed by atoms with E-state index in [1.807, 2.05) is 0 Å². The van der Waals surface area contributed by atoms with Gasteiger partial charge in [0.1, 0.15) is 73.2 Å². The smallest absolute Gasteiger partial charge is 0.547 e. The van der Waals surface area contributed by atoms with E-state index in [1.165, 1.54) is 0 Å². The Kier molecular flexibility index (Phi) is 23.4. The molecule has 0 radical (unpaired) electrons. The molecule has 24 heteroatoms. The SMILES string of the molecule is O=C([O-])C(O)C(O)[C@H](O[C@@H]1OC(C(=O)[O-])[C@@H](O[C@@H]2O[C@@H](C(=O)[O-])[C@@H](O)C(O)C2O)[C@H](O)C1O)C(O)C(=O)[O-].[Na+].[Na+].[Na+].[Na+]. The summed E-state index contributed by atoms with van der Waals surface area (Å²) in [4.78, 5) is 44.6. The van der Waals surface area contributed by atoms with Gasteiger partial charge in [0.2, 0.25) is 0 Å². The average Bonchev–Trinajstić information content (AvgIpc) is 2.84. The largest absolute Gasteiger partial charge is 1.00 e. The zero-order valence-corrected chi connectivity index (χ0v) is 30.6. The van der Waals surface area contributed by atoms with Crippen LogP contribution in [0.1, 0.15) is 0 Å². The minimum absolute atomic E-state index is 0. The van der Waals surface area contributed by atoms with Gasteiger partial charge >= 0.3 is 118 Å². The van der Waals surface area contributed by atoms with Gasteiger partial charge in [-0.15, -0.1) is 0 Å². The molecule has 2 saturated heterocycles. The topological polar surface area (TPSA) is 359 Å². The van der Waals surface area contributed by atoms with Crippen molar-refractivity contribution in [1.82, 2.24) is 0 Å². The predicted octanol–water partition coefficient (Wildman–Crippen LogP) is -24.9. The van der Waals surface area contributed by atoms with Crippen LogP contribution in [0.15, 0.2) is 0 Å². The summed E-state index contributed by atoms with van der Waals surface area (Å²) in [5.41, 5.74) is 0. The minimum Gasteiger partial charge on any atom is -0.547 e. The monoisotopic (exact) mass is 650 g/mol. The summed E-state index contributed by atoms with van der Waals surface area (Å²) < 4.78 is 19.3. The van der Waals surface area contributed by atoms with E-state index in [0.29, 0.717) is 0 Å².